The van der Waals surface area contributed by atoms with Gasteiger partial charge in [0.25, 0.3) is 5.91 Å². The average molecular weight is 425 g/mol. The number of para-hydroxylation sites is 1. The molecule has 1 atom stereocenters. The number of anilines is 2. The van der Waals surface area contributed by atoms with E-state index in [0.717, 1.165) is 25.0 Å². The van der Waals surface area contributed by atoms with E-state index in [-0.39, 0.29) is 17.7 Å². The third-order valence-corrected chi connectivity index (χ3v) is 7.45. The summed E-state index contributed by atoms with van der Waals surface area (Å²) in [6, 6.07) is 7.28. The molecule has 0 unspecified atom stereocenters. The first-order chi connectivity index (χ1) is 14.5. The van der Waals surface area contributed by atoms with Crippen LogP contribution in [0.15, 0.2) is 24.3 Å². The lowest BCUT2D eigenvalue weighted by atomic mass is 9.98. The number of hydrogen-bond donors (Lipinski definition) is 1. The van der Waals surface area contributed by atoms with Gasteiger partial charge in [-0.1, -0.05) is 12.1 Å². The SMILES string of the molecule is C[C@@]12CCC(=O)N1c1ccccc1C(=O)N2CCCC(=O)Nc1nc2c(s1)CCC2. The molecule has 3 aliphatic rings. The Bertz CT molecular complexity index is 1030. The zero-order valence-corrected chi connectivity index (χ0v) is 17.8. The lowest BCUT2D eigenvalue weighted by Gasteiger charge is -2.48. The number of rotatable bonds is 5. The van der Waals surface area contributed by atoms with Gasteiger partial charge in [-0.2, -0.15) is 0 Å². The Morgan fingerprint density at radius 3 is 2.90 bits per heavy atom. The van der Waals surface area contributed by atoms with E-state index < -0.39 is 5.66 Å². The summed E-state index contributed by atoms with van der Waals surface area (Å²) in [6.07, 6.45) is 5.05. The van der Waals surface area contributed by atoms with Crippen LogP contribution in [0.25, 0.3) is 0 Å². The highest BCUT2D eigenvalue weighted by atomic mass is 32.1. The van der Waals surface area contributed by atoms with Crippen LogP contribution >= 0.6 is 11.3 Å². The number of hydrogen-bond acceptors (Lipinski definition) is 5. The van der Waals surface area contributed by atoms with E-state index in [1.165, 1.54) is 4.88 Å². The number of fused-ring (bicyclic) bond motifs is 4. The Balaban J connectivity index is 1.26. The Labute approximate surface area is 179 Å². The van der Waals surface area contributed by atoms with Crippen LogP contribution in [0.4, 0.5) is 10.8 Å². The van der Waals surface area contributed by atoms with Crippen LogP contribution in [-0.4, -0.2) is 39.8 Å². The molecular weight excluding hydrogens is 400 g/mol. The van der Waals surface area contributed by atoms with Crippen LogP contribution in [0.3, 0.4) is 0 Å². The molecule has 30 heavy (non-hydrogen) atoms. The predicted octanol–water partition coefficient (Wildman–Crippen LogP) is 3.35. The quantitative estimate of drug-likeness (QED) is 0.798. The molecule has 1 aliphatic carbocycles. The van der Waals surface area contributed by atoms with Crippen LogP contribution in [0.5, 0.6) is 0 Å². The minimum Gasteiger partial charge on any atom is -0.315 e. The summed E-state index contributed by atoms with van der Waals surface area (Å²) in [6.45, 7) is 2.37. The lowest BCUT2D eigenvalue weighted by molar-refractivity contribution is -0.118. The summed E-state index contributed by atoms with van der Waals surface area (Å²) in [5.41, 5.74) is 1.69. The zero-order valence-electron chi connectivity index (χ0n) is 16.9. The topological polar surface area (TPSA) is 82.6 Å². The van der Waals surface area contributed by atoms with Crippen LogP contribution in [-0.2, 0) is 22.4 Å². The summed E-state index contributed by atoms with van der Waals surface area (Å²) in [4.78, 5) is 47.5. The van der Waals surface area contributed by atoms with Gasteiger partial charge >= 0.3 is 0 Å². The minimum absolute atomic E-state index is 0.0389. The van der Waals surface area contributed by atoms with Gasteiger partial charge in [0.2, 0.25) is 11.8 Å². The minimum atomic E-state index is -0.672. The Kier molecular flexibility index (Phi) is 4.61. The number of carbonyl (C=O) groups excluding carboxylic acids is 3. The predicted molar refractivity (Wildman–Crippen MR) is 115 cm³/mol. The van der Waals surface area contributed by atoms with E-state index in [4.69, 9.17) is 0 Å². The second-order valence-corrected chi connectivity index (χ2v) is 9.40. The smallest absolute Gasteiger partial charge is 0.257 e. The summed E-state index contributed by atoms with van der Waals surface area (Å²) in [7, 11) is 0. The molecule has 1 N–H and O–H groups in total. The number of aromatic nitrogens is 1. The average Bonchev–Trinajstić information content (AvgIpc) is 3.38. The third kappa shape index (κ3) is 3.01. The highest BCUT2D eigenvalue weighted by Gasteiger charge is 2.52. The van der Waals surface area contributed by atoms with Gasteiger partial charge in [-0.3, -0.25) is 19.3 Å². The van der Waals surface area contributed by atoms with E-state index in [1.54, 1.807) is 27.2 Å². The van der Waals surface area contributed by atoms with E-state index in [1.807, 2.05) is 25.1 Å². The maximum absolute atomic E-state index is 13.2. The van der Waals surface area contributed by atoms with Crippen molar-refractivity contribution in [1.29, 1.82) is 0 Å². The lowest BCUT2D eigenvalue weighted by Crippen LogP contribution is -2.62. The molecule has 156 valence electrons. The number of nitrogens with one attached hydrogen (secondary N) is 1. The number of amides is 3. The Morgan fingerprint density at radius 2 is 2.07 bits per heavy atom. The molecule has 7 nitrogen and oxygen atoms in total. The fourth-order valence-corrected chi connectivity index (χ4v) is 5.93. The van der Waals surface area contributed by atoms with Crippen molar-refractivity contribution in [3.63, 3.8) is 0 Å². The summed E-state index contributed by atoms with van der Waals surface area (Å²) < 4.78 is 0. The van der Waals surface area contributed by atoms with Gasteiger partial charge in [-0.05, 0) is 51.2 Å². The van der Waals surface area contributed by atoms with Gasteiger partial charge < -0.3 is 10.2 Å². The van der Waals surface area contributed by atoms with Crippen LogP contribution in [0.2, 0.25) is 0 Å². The molecule has 2 aliphatic heterocycles. The normalized spacial score (nSPS) is 22.2. The van der Waals surface area contributed by atoms with Crippen molar-refractivity contribution in [1.82, 2.24) is 9.88 Å². The fourth-order valence-electron chi connectivity index (χ4n) is 4.86. The van der Waals surface area contributed by atoms with Crippen molar-refractivity contribution in [2.45, 2.75) is 57.5 Å². The van der Waals surface area contributed by atoms with Crippen molar-refractivity contribution in [3.8, 4) is 0 Å². The van der Waals surface area contributed by atoms with Crippen molar-refractivity contribution in [2.75, 3.05) is 16.8 Å². The first-order valence-electron chi connectivity index (χ1n) is 10.5. The molecule has 2 aromatic rings. The number of thiazole rings is 1. The third-order valence-electron chi connectivity index (χ3n) is 6.37. The van der Waals surface area contributed by atoms with Gasteiger partial charge in [-0.25, -0.2) is 4.98 Å². The van der Waals surface area contributed by atoms with Gasteiger partial charge in [0.05, 0.1) is 16.9 Å². The first-order valence-corrected chi connectivity index (χ1v) is 11.3. The second-order valence-electron chi connectivity index (χ2n) is 8.31. The largest absolute Gasteiger partial charge is 0.315 e. The molecular formula is C22H24N4O3S. The van der Waals surface area contributed by atoms with Gasteiger partial charge in [-0.15, -0.1) is 11.3 Å². The summed E-state index contributed by atoms with van der Waals surface area (Å²) in [5.74, 6) is -0.121. The Morgan fingerprint density at radius 1 is 1.23 bits per heavy atom. The number of carbonyl (C=O) groups is 3. The van der Waals surface area contributed by atoms with E-state index >= 15 is 0 Å². The number of nitrogens with zero attached hydrogens (tertiary/aromatic N) is 3. The fraction of sp³-hybridized carbons (Fsp3) is 0.455. The van der Waals surface area contributed by atoms with Crippen molar-refractivity contribution >= 4 is 39.9 Å². The monoisotopic (exact) mass is 424 g/mol. The molecule has 0 spiro atoms. The van der Waals surface area contributed by atoms with E-state index in [2.05, 4.69) is 10.3 Å². The highest BCUT2D eigenvalue weighted by molar-refractivity contribution is 7.15. The van der Waals surface area contributed by atoms with Crippen LogP contribution in [0, 0.1) is 0 Å². The van der Waals surface area contributed by atoms with E-state index in [9.17, 15) is 14.4 Å². The maximum Gasteiger partial charge on any atom is 0.257 e. The standard InChI is InChI=1S/C22H24N4O3S/c1-22-12-11-19(28)26(22)16-8-3-2-6-14(16)20(29)25(22)13-5-10-18(27)24-21-23-15-7-4-9-17(15)30-21/h2-3,6,8H,4-5,7,9-13H2,1H3,(H,23,24,27)/t22-/m0/s1. The molecule has 5 rings (SSSR count). The Hall–Kier alpha value is -2.74. The van der Waals surface area contributed by atoms with Gasteiger partial charge in [0.1, 0.15) is 5.66 Å². The molecule has 3 amide bonds. The molecule has 1 fully saturated rings. The molecule has 8 heteroatoms. The molecule has 0 saturated carbocycles. The molecule has 0 bridgehead atoms. The van der Waals surface area contributed by atoms with Crippen molar-refractivity contribution in [2.24, 2.45) is 0 Å². The summed E-state index contributed by atoms with van der Waals surface area (Å²) in [5, 5.41) is 3.57. The molecule has 1 saturated heterocycles. The molecule has 1 aromatic heterocycles. The first kappa shape index (κ1) is 19.2. The van der Waals surface area contributed by atoms with E-state index in [0.29, 0.717) is 48.6 Å². The molecule has 0 radical (unpaired) electrons. The second kappa shape index (κ2) is 7.19. The molecule has 1 aromatic carbocycles. The highest BCUT2D eigenvalue weighted by Crippen LogP contribution is 2.44. The zero-order chi connectivity index (χ0) is 20.9. The number of aryl methyl sites for hydroxylation is 2. The maximum atomic E-state index is 13.2. The van der Waals surface area contributed by atoms with Crippen molar-refractivity contribution in [3.05, 3.63) is 40.4 Å². The number of benzene rings is 1. The summed E-state index contributed by atoms with van der Waals surface area (Å²) >= 11 is 1.56. The van der Waals surface area contributed by atoms with Crippen LogP contribution in [0.1, 0.15) is 60.0 Å². The van der Waals surface area contributed by atoms with Crippen molar-refractivity contribution < 1.29 is 14.4 Å². The van der Waals surface area contributed by atoms with Crippen LogP contribution < -0.4 is 10.2 Å². The van der Waals surface area contributed by atoms with Gasteiger partial charge in [0, 0.05) is 24.3 Å². The molecule has 3 heterocycles. The van der Waals surface area contributed by atoms with Gasteiger partial charge in [0.15, 0.2) is 5.13 Å².